The third kappa shape index (κ3) is 7.31. The standard InChI is InChI=1S/C33H28Cl4N4O6S/c1-33(25(20-5-3-2-4-6-20)11-12-41(33)48(46,47)24-15-21(34)14-22(35)16-24)32(45)40-28(31(43)44)13-19-7-9-23(10-8-19)39-30(42)29-26(36)17-38-18-27(29)37/h2-10,14-18,25,28H,11-13H2,1H3,(H,39,42)(H,40,45)(H,43,44)/t25-,28-,33+/m0/s1. The summed E-state index contributed by atoms with van der Waals surface area (Å²) in [6.45, 7) is 1.48. The van der Waals surface area contributed by atoms with Crippen LogP contribution < -0.4 is 10.6 Å². The van der Waals surface area contributed by atoms with E-state index in [-0.39, 0.29) is 43.5 Å². The fourth-order valence-corrected chi connectivity index (χ4v) is 8.90. The number of hydrogen-bond acceptors (Lipinski definition) is 6. The van der Waals surface area contributed by atoms with E-state index in [0.717, 1.165) is 9.87 Å². The molecular formula is C33H28Cl4N4O6S. The second kappa shape index (κ2) is 14.4. The number of carbonyl (C=O) groups excluding carboxylic acids is 2. The summed E-state index contributed by atoms with van der Waals surface area (Å²) in [5.74, 6) is -3.28. The third-order valence-electron chi connectivity index (χ3n) is 8.24. The molecule has 0 radical (unpaired) electrons. The Morgan fingerprint density at radius 2 is 1.56 bits per heavy atom. The van der Waals surface area contributed by atoms with Crippen LogP contribution in [0.3, 0.4) is 0 Å². The van der Waals surface area contributed by atoms with Gasteiger partial charge in [0.25, 0.3) is 5.91 Å². The van der Waals surface area contributed by atoms with Crippen LogP contribution in [-0.2, 0) is 26.0 Å². The quantitative estimate of drug-likeness (QED) is 0.164. The highest BCUT2D eigenvalue weighted by Crippen LogP contribution is 2.45. The summed E-state index contributed by atoms with van der Waals surface area (Å²) in [6.07, 6.45) is 2.74. The van der Waals surface area contributed by atoms with Crippen molar-refractivity contribution < 1.29 is 27.9 Å². The molecule has 2 amide bonds. The van der Waals surface area contributed by atoms with Crippen LogP contribution in [-0.4, -0.2) is 58.7 Å². The minimum Gasteiger partial charge on any atom is -0.480 e. The molecule has 3 N–H and O–H groups in total. The van der Waals surface area contributed by atoms with E-state index in [9.17, 15) is 27.9 Å². The molecule has 1 saturated heterocycles. The summed E-state index contributed by atoms with van der Waals surface area (Å²) < 4.78 is 29.2. The molecule has 0 bridgehead atoms. The van der Waals surface area contributed by atoms with Crippen molar-refractivity contribution in [3.05, 3.63) is 122 Å². The maximum Gasteiger partial charge on any atom is 0.326 e. The normalized spacial score (nSPS) is 18.6. The molecule has 1 fully saturated rings. The van der Waals surface area contributed by atoms with Gasteiger partial charge >= 0.3 is 5.97 Å². The van der Waals surface area contributed by atoms with Gasteiger partial charge in [0, 0.05) is 47.0 Å². The van der Waals surface area contributed by atoms with Gasteiger partial charge in [0.2, 0.25) is 15.9 Å². The molecular weight excluding hydrogens is 722 g/mol. The summed E-state index contributed by atoms with van der Waals surface area (Å²) in [7, 11) is -4.33. The summed E-state index contributed by atoms with van der Waals surface area (Å²) >= 11 is 24.4. The molecule has 2 heterocycles. The summed E-state index contributed by atoms with van der Waals surface area (Å²) in [6, 6.07) is 17.8. The summed E-state index contributed by atoms with van der Waals surface area (Å²) in [5, 5.41) is 15.8. The van der Waals surface area contributed by atoms with Crippen molar-refractivity contribution in [2.45, 2.75) is 42.2 Å². The molecule has 250 valence electrons. The van der Waals surface area contributed by atoms with Crippen LogP contribution in [0.4, 0.5) is 5.69 Å². The number of anilines is 1. The van der Waals surface area contributed by atoms with E-state index in [1.165, 1.54) is 37.5 Å². The zero-order valence-electron chi connectivity index (χ0n) is 25.2. The first-order valence-electron chi connectivity index (χ1n) is 14.5. The first-order valence-corrected chi connectivity index (χ1v) is 17.4. The number of amides is 2. The zero-order chi connectivity index (χ0) is 34.8. The first-order chi connectivity index (χ1) is 22.7. The van der Waals surface area contributed by atoms with Crippen LogP contribution in [0.15, 0.2) is 90.1 Å². The van der Waals surface area contributed by atoms with Gasteiger partial charge in [0.1, 0.15) is 11.6 Å². The topological polar surface area (TPSA) is 146 Å². The highest BCUT2D eigenvalue weighted by molar-refractivity contribution is 7.89. The number of carbonyl (C=O) groups is 3. The van der Waals surface area contributed by atoms with Crippen LogP contribution in [0, 0.1) is 0 Å². The van der Waals surface area contributed by atoms with Gasteiger partial charge in [-0.25, -0.2) is 13.2 Å². The Balaban J connectivity index is 1.40. The summed E-state index contributed by atoms with van der Waals surface area (Å²) in [4.78, 5) is 43.1. The fraction of sp³-hybridized carbons (Fsp3) is 0.212. The second-order valence-corrected chi connectivity index (χ2v) is 14.8. The molecule has 0 saturated carbocycles. The van der Waals surface area contributed by atoms with E-state index in [0.29, 0.717) is 17.7 Å². The Kier molecular flexibility index (Phi) is 10.7. The van der Waals surface area contributed by atoms with E-state index in [2.05, 4.69) is 15.6 Å². The maximum atomic E-state index is 14.2. The number of carboxylic acid groups (broad SMARTS) is 1. The third-order valence-corrected chi connectivity index (χ3v) is 11.2. The van der Waals surface area contributed by atoms with Crippen molar-refractivity contribution in [2.75, 3.05) is 11.9 Å². The molecule has 4 aromatic rings. The lowest BCUT2D eigenvalue weighted by atomic mass is 9.81. The van der Waals surface area contributed by atoms with Crippen molar-refractivity contribution >= 4 is 79.9 Å². The van der Waals surface area contributed by atoms with Gasteiger partial charge in [-0.1, -0.05) is 88.9 Å². The van der Waals surface area contributed by atoms with Gasteiger partial charge in [-0.15, -0.1) is 0 Å². The lowest BCUT2D eigenvalue weighted by Gasteiger charge is -2.38. The largest absolute Gasteiger partial charge is 0.480 e. The van der Waals surface area contributed by atoms with Crippen molar-refractivity contribution in [2.24, 2.45) is 0 Å². The van der Waals surface area contributed by atoms with E-state index >= 15 is 0 Å². The lowest BCUT2D eigenvalue weighted by molar-refractivity contribution is -0.143. The first kappa shape index (κ1) is 35.6. The predicted molar refractivity (Wildman–Crippen MR) is 184 cm³/mol. The van der Waals surface area contributed by atoms with Crippen LogP contribution >= 0.6 is 46.4 Å². The molecule has 0 aliphatic carbocycles. The van der Waals surface area contributed by atoms with Crippen LogP contribution in [0.1, 0.15) is 40.7 Å². The average molecular weight is 750 g/mol. The number of hydrogen-bond donors (Lipinski definition) is 3. The molecule has 15 heteroatoms. The minimum atomic E-state index is -4.33. The number of aromatic nitrogens is 1. The van der Waals surface area contributed by atoms with Gasteiger partial charge < -0.3 is 15.7 Å². The molecule has 3 atom stereocenters. The number of benzene rings is 3. The zero-order valence-corrected chi connectivity index (χ0v) is 29.0. The number of halogens is 4. The van der Waals surface area contributed by atoms with Crippen LogP contribution in [0.2, 0.25) is 20.1 Å². The number of pyridine rings is 1. The molecule has 0 spiro atoms. The van der Waals surface area contributed by atoms with Gasteiger partial charge in [0.05, 0.1) is 20.5 Å². The van der Waals surface area contributed by atoms with E-state index in [4.69, 9.17) is 46.4 Å². The van der Waals surface area contributed by atoms with Crippen molar-refractivity contribution in [1.29, 1.82) is 0 Å². The second-order valence-electron chi connectivity index (χ2n) is 11.3. The van der Waals surface area contributed by atoms with E-state index in [1.807, 2.05) is 0 Å². The molecule has 3 aromatic carbocycles. The molecule has 5 rings (SSSR count). The molecule has 10 nitrogen and oxygen atoms in total. The summed E-state index contributed by atoms with van der Waals surface area (Å²) in [5.41, 5.74) is -0.0537. The highest BCUT2D eigenvalue weighted by atomic mass is 35.5. The van der Waals surface area contributed by atoms with E-state index in [1.54, 1.807) is 54.6 Å². The number of rotatable bonds is 10. The Hall–Kier alpha value is -3.71. The van der Waals surface area contributed by atoms with Crippen molar-refractivity contribution in [3.63, 3.8) is 0 Å². The lowest BCUT2D eigenvalue weighted by Crippen LogP contribution is -2.60. The molecule has 48 heavy (non-hydrogen) atoms. The number of nitrogens with one attached hydrogen (secondary N) is 2. The van der Waals surface area contributed by atoms with Gasteiger partial charge in [0.15, 0.2) is 0 Å². The predicted octanol–water partition coefficient (Wildman–Crippen LogP) is 6.70. The Bertz CT molecular complexity index is 1940. The van der Waals surface area contributed by atoms with Crippen molar-refractivity contribution in [3.8, 4) is 0 Å². The van der Waals surface area contributed by atoms with Gasteiger partial charge in [-0.3, -0.25) is 14.6 Å². The maximum absolute atomic E-state index is 14.2. The molecule has 0 unspecified atom stereocenters. The molecule has 1 aromatic heterocycles. The fourth-order valence-electron chi connectivity index (χ4n) is 5.84. The smallest absolute Gasteiger partial charge is 0.326 e. The van der Waals surface area contributed by atoms with Crippen molar-refractivity contribution in [1.82, 2.24) is 14.6 Å². The van der Waals surface area contributed by atoms with Gasteiger partial charge in [-0.2, -0.15) is 4.31 Å². The monoisotopic (exact) mass is 748 g/mol. The van der Waals surface area contributed by atoms with Gasteiger partial charge in [-0.05, 0) is 54.8 Å². The number of sulfonamides is 1. The average Bonchev–Trinajstić information content (AvgIpc) is 3.40. The Morgan fingerprint density at radius 3 is 2.15 bits per heavy atom. The Morgan fingerprint density at radius 1 is 0.958 bits per heavy atom. The molecule has 1 aliphatic rings. The van der Waals surface area contributed by atoms with Crippen LogP contribution in [0.5, 0.6) is 0 Å². The number of aliphatic carboxylic acids is 1. The SMILES string of the molecule is C[C@]1(C(=O)N[C@@H](Cc2ccc(NC(=O)c3c(Cl)cncc3Cl)cc2)C(=O)O)[C@H](c2ccccc2)CCN1S(=O)(=O)c1cc(Cl)cc(Cl)c1. The minimum absolute atomic E-state index is 0.0171. The molecule has 1 aliphatic heterocycles. The van der Waals surface area contributed by atoms with E-state index < -0.39 is 45.3 Å². The number of carboxylic acids is 1. The highest BCUT2D eigenvalue weighted by Gasteiger charge is 2.56. The van der Waals surface area contributed by atoms with Crippen LogP contribution in [0.25, 0.3) is 0 Å². The number of nitrogens with zero attached hydrogens (tertiary/aromatic N) is 2. The Labute approximate surface area is 297 Å².